The molecule has 1 fully saturated rings. The lowest BCUT2D eigenvalue weighted by Gasteiger charge is -2.17. The molecule has 0 bridgehead atoms. The van der Waals surface area contributed by atoms with E-state index < -0.39 is 0 Å². The summed E-state index contributed by atoms with van der Waals surface area (Å²) < 4.78 is 10.7. The van der Waals surface area contributed by atoms with E-state index in [1.54, 1.807) is 7.11 Å². The molecule has 106 valence electrons. The fourth-order valence-electron chi connectivity index (χ4n) is 2.73. The summed E-state index contributed by atoms with van der Waals surface area (Å²) in [4.78, 5) is 12.1. The Kier molecular flexibility index (Phi) is 5.02. The molecule has 1 N–H and O–H groups in total. The first-order chi connectivity index (χ1) is 9.19. The fourth-order valence-corrected chi connectivity index (χ4v) is 2.73. The minimum atomic E-state index is -0.187. The number of carbonyl (C=O) groups excluding carboxylic acids is 1. The largest absolute Gasteiger partial charge is 0.464 e. The fraction of sp³-hybridized carbons (Fsp3) is 0.667. The van der Waals surface area contributed by atoms with Gasteiger partial charge in [0.25, 0.3) is 0 Å². The van der Waals surface area contributed by atoms with Crippen molar-refractivity contribution in [3.8, 4) is 0 Å². The van der Waals surface area contributed by atoms with Gasteiger partial charge in [-0.25, -0.2) is 0 Å². The highest BCUT2D eigenvalue weighted by atomic mass is 16.5. The van der Waals surface area contributed by atoms with Gasteiger partial charge in [-0.15, -0.1) is 0 Å². The second-order valence-corrected chi connectivity index (χ2v) is 5.38. The maximum atomic E-state index is 12.1. The van der Waals surface area contributed by atoms with Crippen LogP contribution in [0.4, 0.5) is 0 Å². The molecule has 1 aromatic rings. The van der Waals surface area contributed by atoms with Crippen molar-refractivity contribution in [1.29, 1.82) is 0 Å². The number of methoxy groups -OCH3 is 1. The maximum Gasteiger partial charge on any atom is 0.220 e. The molecular weight excluding hydrogens is 242 g/mol. The maximum absolute atomic E-state index is 12.1. The zero-order valence-corrected chi connectivity index (χ0v) is 11.8. The van der Waals surface area contributed by atoms with Crippen LogP contribution in [0.2, 0.25) is 0 Å². The van der Waals surface area contributed by atoms with Gasteiger partial charge in [-0.05, 0) is 37.8 Å². The molecule has 1 aromatic heterocycles. The summed E-state index contributed by atoms with van der Waals surface area (Å²) in [6, 6.07) is 3.61. The first-order valence-corrected chi connectivity index (χ1v) is 7.03. The highest BCUT2D eigenvalue weighted by Gasteiger charge is 2.22. The average Bonchev–Trinajstić information content (AvgIpc) is 3.00. The Morgan fingerprint density at radius 1 is 1.47 bits per heavy atom. The van der Waals surface area contributed by atoms with Gasteiger partial charge >= 0.3 is 0 Å². The van der Waals surface area contributed by atoms with Crippen LogP contribution in [-0.2, 0) is 9.53 Å². The predicted octanol–water partition coefficient (Wildman–Crippen LogP) is 2.97. The Balaban J connectivity index is 1.90. The Labute approximate surface area is 114 Å². The highest BCUT2D eigenvalue weighted by Crippen LogP contribution is 2.27. The first kappa shape index (κ1) is 14.1. The van der Waals surface area contributed by atoms with E-state index in [2.05, 4.69) is 5.32 Å². The molecule has 1 saturated carbocycles. The standard InChI is InChI=1S/C15H23NO3/c1-11-7-8-14(19-11)13(10-18-2)16-15(17)9-12-5-3-4-6-12/h7-8,12-13H,3-6,9-10H2,1-2H3,(H,16,17)/t13-/m0/s1. The van der Waals surface area contributed by atoms with Crippen molar-refractivity contribution in [3.63, 3.8) is 0 Å². The molecule has 0 radical (unpaired) electrons. The van der Waals surface area contributed by atoms with E-state index in [1.807, 2.05) is 19.1 Å². The van der Waals surface area contributed by atoms with Gasteiger partial charge in [-0.1, -0.05) is 12.8 Å². The monoisotopic (exact) mass is 265 g/mol. The van der Waals surface area contributed by atoms with Crippen molar-refractivity contribution in [3.05, 3.63) is 23.7 Å². The van der Waals surface area contributed by atoms with E-state index >= 15 is 0 Å². The number of aryl methyl sites for hydroxylation is 1. The van der Waals surface area contributed by atoms with Gasteiger partial charge in [0.15, 0.2) is 0 Å². The predicted molar refractivity (Wildman–Crippen MR) is 72.8 cm³/mol. The van der Waals surface area contributed by atoms with Crippen molar-refractivity contribution in [1.82, 2.24) is 5.32 Å². The van der Waals surface area contributed by atoms with Crippen LogP contribution in [0.1, 0.15) is 49.7 Å². The van der Waals surface area contributed by atoms with E-state index in [1.165, 1.54) is 25.7 Å². The smallest absolute Gasteiger partial charge is 0.220 e. The number of hydrogen-bond donors (Lipinski definition) is 1. The minimum absolute atomic E-state index is 0.100. The molecule has 0 unspecified atom stereocenters. The lowest BCUT2D eigenvalue weighted by atomic mass is 10.0. The second-order valence-electron chi connectivity index (χ2n) is 5.38. The SMILES string of the molecule is COC[C@H](NC(=O)CC1CCCC1)c1ccc(C)o1. The first-order valence-electron chi connectivity index (χ1n) is 7.03. The highest BCUT2D eigenvalue weighted by molar-refractivity contribution is 5.76. The van der Waals surface area contributed by atoms with Crippen LogP contribution in [-0.4, -0.2) is 19.6 Å². The van der Waals surface area contributed by atoms with Crippen molar-refractivity contribution in [2.75, 3.05) is 13.7 Å². The molecule has 0 aliphatic heterocycles. The van der Waals surface area contributed by atoms with Crippen molar-refractivity contribution < 1.29 is 13.9 Å². The normalized spacial score (nSPS) is 17.6. The van der Waals surface area contributed by atoms with E-state index in [9.17, 15) is 4.79 Å². The molecule has 1 aliphatic rings. The summed E-state index contributed by atoms with van der Waals surface area (Å²) in [6.45, 7) is 2.33. The topological polar surface area (TPSA) is 51.5 Å². The molecule has 1 amide bonds. The zero-order chi connectivity index (χ0) is 13.7. The van der Waals surface area contributed by atoms with Crippen LogP contribution < -0.4 is 5.32 Å². The number of ether oxygens (including phenoxy) is 1. The number of amides is 1. The summed E-state index contributed by atoms with van der Waals surface area (Å²) in [5, 5.41) is 3.02. The van der Waals surface area contributed by atoms with E-state index in [0.29, 0.717) is 18.9 Å². The molecular formula is C15H23NO3. The van der Waals surface area contributed by atoms with Crippen molar-refractivity contribution in [2.45, 2.75) is 45.1 Å². The molecule has 0 saturated heterocycles. The van der Waals surface area contributed by atoms with Gasteiger partial charge in [0.2, 0.25) is 5.91 Å². The van der Waals surface area contributed by atoms with Crippen LogP contribution >= 0.6 is 0 Å². The number of hydrogen-bond acceptors (Lipinski definition) is 3. The molecule has 4 nitrogen and oxygen atoms in total. The molecule has 1 aliphatic carbocycles. The molecule has 1 heterocycles. The number of furan rings is 1. The lowest BCUT2D eigenvalue weighted by molar-refractivity contribution is -0.123. The Morgan fingerprint density at radius 2 is 2.21 bits per heavy atom. The van der Waals surface area contributed by atoms with Gasteiger partial charge in [0.1, 0.15) is 17.6 Å². The van der Waals surface area contributed by atoms with Gasteiger partial charge in [-0.3, -0.25) is 4.79 Å². The molecule has 0 aromatic carbocycles. The zero-order valence-electron chi connectivity index (χ0n) is 11.8. The summed E-state index contributed by atoms with van der Waals surface area (Å²) >= 11 is 0. The molecule has 2 rings (SSSR count). The van der Waals surface area contributed by atoms with E-state index in [0.717, 1.165) is 11.5 Å². The lowest BCUT2D eigenvalue weighted by Crippen LogP contribution is -2.32. The quantitative estimate of drug-likeness (QED) is 0.860. The van der Waals surface area contributed by atoms with Crippen LogP contribution in [0.25, 0.3) is 0 Å². The minimum Gasteiger partial charge on any atom is -0.464 e. The summed E-state index contributed by atoms with van der Waals surface area (Å²) in [5.41, 5.74) is 0. The number of nitrogens with one attached hydrogen (secondary N) is 1. The summed E-state index contributed by atoms with van der Waals surface area (Å²) in [6.07, 6.45) is 5.51. The van der Waals surface area contributed by atoms with Crippen LogP contribution in [0.3, 0.4) is 0 Å². The van der Waals surface area contributed by atoms with E-state index in [4.69, 9.17) is 9.15 Å². The third-order valence-corrected chi connectivity index (χ3v) is 3.72. The Hall–Kier alpha value is -1.29. The average molecular weight is 265 g/mol. The van der Waals surface area contributed by atoms with Crippen molar-refractivity contribution in [2.24, 2.45) is 5.92 Å². The van der Waals surface area contributed by atoms with Gasteiger partial charge in [0, 0.05) is 13.5 Å². The van der Waals surface area contributed by atoms with Gasteiger partial charge < -0.3 is 14.5 Å². The number of rotatable bonds is 6. The molecule has 4 heteroatoms. The third kappa shape index (κ3) is 4.10. The Bertz CT molecular complexity index is 407. The van der Waals surface area contributed by atoms with Crippen LogP contribution in [0, 0.1) is 12.8 Å². The third-order valence-electron chi connectivity index (χ3n) is 3.72. The van der Waals surface area contributed by atoms with Gasteiger partial charge in [0.05, 0.1) is 6.61 Å². The Morgan fingerprint density at radius 3 is 2.79 bits per heavy atom. The van der Waals surface area contributed by atoms with E-state index in [-0.39, 0.29) is 11.9 Å². The summed E-state index contributed by atoms with van der Waals surface area (Å²) in [7, 11) is 1.63. The van der Waals surface area contributed by atoms with Crippen LogP contribution in [0.15, 0.2) is 16.5 Å². The number of carbonyl (C=O) groups is 1. The second kappa shape index (κ2) is 6.75. The molecule has 19 heavy (non-hydrogen) atoms. The molecule has 1 atom stereocenters. The van der Waals surface area contributed by atoms with Crippen molar-refractivity contribution >= 4 is 5.91 Å². The molecule has 0 spiro atoms. The van der Waals surface area contributed by atoms with Crippen LogP contribution in [0.5, 0.6) is 0 Å². The summed E-state index contributed by atoms with van der Waals surface area (Å²) in [5.74, 6) is 2.27. The van der Waals surface area contributed by atoms with Gasteiger partial charge in [-0.2, -0.15) is 0 Å².